The normalized spacial score (nSPS) is 17.7. The van der Waals surface area contributed by atoms with Crippen LogP contribution in [0.25, 0.3) is 0 Å². The first-order chi connectivity index (χ1) is 10.6. The molecule has 0 bridgehead atoms. The van der Waals surface area contributed by atoms with Crippen LogP contribution in [0, 0.1) is 5.82 Å². The largest absolute Gasteiger partial charge is 0.335 e. The molecule has 1 atom stereocenters. The molecule has 22 heavy (non-hydrogen) atoms. The molecule has 0 unspecified atom stereocenters. The molecule has 2 aromatic rings. The number of hydrogen-bond donors (Lipinski definition) is 0. The van der Waals surface area contributed by atoms with E-state index in [1.807, 2.05) is 29.2 Å². The van der Waals surface area contributed by atoms with Gasteiger partial charge in [-0.1, -0.05) is 41.9 Å². The lowest BCUT2D eigenvalue weighted by atomic mass is 10.0. The maximum absolute atomic E-state index is 13.7. The number of carbonyl (C=O) groups is 1. The van der Waals surface area contributed by atoms with E-state index in [2.05, 4.69) is 0 Å². The molecule has 1 saturated heterocycles. The molecule has 1 heterocycles. The molecule has 1 aliphatic rings. The van der Waals surface area contributed by atoms with E-state index in [4.69, 9.17) is 11.6 Å². The van der Waals surface area contributed by atoms with Crippen molar-refractivity contribution in [2.45, 2.75) is 25.3 Å². The fourth-order valence-electron chi connectivity index (χ4n) is 3.00. The third-order valence-corrected chi connectivity index (χ3v) is 4.38. The molecule has 2 nitrogen and oxygen atoms in total. The minimum Gasteiger partial charge on any atom is -0.335 e. The third kappa shape index (κ3) is 3.14. The van der Waals surface area contributed by atoms with Crippen molar-refractivity contribution >= 4 is 17.5 Å². The molecular formula is C18H17ClFNO. The lowest BCUT2D eigenvalue weighted by Gasteiger charge is -2.25. The van der Waals surface area contributed by atoms with Crippen molar-refractivity contribution < 1.29 is 9.18 Å². The summed E-state index contributed by atoms with van der Waals surface area (Å²) in [6, 6.07) is 14.1. The van der Waals surface area contributed by atoms with Gasteiger partial charge in [-0.3, -0.25) is 4.79 Å². The second kappa shape index (κ2) is 6.49. The Morgan fingerprint density at radius 3 is 2.64 bits per heavy atom. The minimum absolute atomic E-state index is 0.0254. The molecule has 0 radical (unpaired) electrons. The Hall–Kier alpha value is -1.87. The average Bonchev–Trinajstić information content (AvgIpc) is 3.00. The molecule has 0 aromatic heterocycles. The van der Waals surface area contributed by atoms with Crippen LogP contribution in [0.3, 0.4) is 0 Å². The van der Waals surface area contributed by atoms with Crippen LogP contribution in [-0.4, -0.2) is 17.4 Å². The number of nitrogens with zero attached hydrogens (tertiary/aromatic N) is 1. The van der Waals surface area contributed by atoms with E-state index in [-0.39, 0.29) is 24.2 Å². The second-order valence-electron chi connectivity index (χ2n) is 5.56. The molecule has 1 fully saturated rings. The predicted octanol–water partition coefficient (Wildman–Crippen LogP) is 4.39. The Bertz CT molecular complexity index is 671. The van der Waals surface area contributed by atoms with Gasteiger partial charge in [0.25, 0.3) is 0 Å². The van der Waals surface area contributed by atoms with E-state index >= 15 is 0 Å². The van der Waals surface area contributed by atoms with Crippen molar-refractivity contribution in [1.29, 1.82) is 0 Å². The van der Waals surface area contributed by atoms with Crippen molar-refractivity contribution in [3.05, 3.63) is 70.5 Å². The third-order valence-electron chi connectivity index (χ3n) is 4.13. The van der Waals surface area contributed by atoms with Gasteiger partial charge in [-0.05, 0) is 42.2 Å². The van der Waals surface area contributed by atoms with Gasteiger partial charge in [-0.2, -0.15) is 0 Å². The van der Waals surface area contributed by atoms with Crippen LogP contribution < -0.4 is 0 Å². The van der Waals surface area contributed by atoms with Crippen molar-refractivity contribution in [2.24, 2.45) is 0 Å². The van der Waals surface area contributed by atoms with E-state index in [1.54, 1.807) is 18.2 Å². The van der Waals surface area contributed by atoms with E-state index in [0.717, 1.165) is 24.9 Å². The van der Waals surface area contributed by atoms with Crippen molar-refractivity contribution in [3.63, 3.8) is 0 Å². The monoisotopic (exact) mass is 317 g/mol. The quantitative estimate of drug-likeness (QED) is 0.822. The van der Waals surface area contributed by atoms with Crippen LogP contribution in [0.4, 0.5) is 4.39 Å². The van der Waals surface area contributed by atoms with Gasteiger partial charge in [-0.15, -0.1) is 0 Å². The average molecular weight is 318 g/mol. The van der Waals surface area contributed by atoms with Gasteiger partial charge in [0.05, 0.1) is 12.5 Å². The summed E-state index contributed by atoms with van der Waals surface area (Å²) in [5, 5.41) is 0.686. The standard InChI is InChI=1S/C18H17ClFNO/c19-15-9-7-13(8-10-15)17-6-3-11-21(17)18(22)12-14-4-1-2-5-16(14)20/h1-2,4-5,7-10,17H,3,6,11-12H2/t17-/m0/s1. The summed E-state index contributed by atoms with van der Waals surface area (Å²) >= 11 is 5.92. The fourth-order valence-corrected chi connectivity index (χ4v) is 3.13. The number of rotatable bonds is 3. The van der Waals surface area contributed by atoms with Gasteiger partial charge < -0.3 is 4.90 Å². The van der Waals surface area contributed by atoms with Crippen LogP contribution in [0.2, 0.25) is 5.02 Å². The number of hydrogen-bond acceptors (Lipinski definition) is 1. The first-order valence-electron chi connectivity index (χ1n) is 7.43. The molecule has 0 aliphatic carbocycles. The minimum atomic E-state index is -0.321. The molecule has 2 aromatic carbocycles. The van der Waals surface area contributed by atoms with Gasteiger partial charge >= 0.3 is 0 Å². The highest BCUT2D eigenvalue weighted by molar-refractivity contribution is 6.30. The van der Waals surface area contributed by atoms with Gasteiger partial charge in [0.2, 0.25) is 5.91 Å². The Morgan fingerprint density at radius 1 is 1.18 bits per heavy atom. The van der Waals surface area contributed by atoms with Gasteiger partial charge in [0.1, 0.15) is 5.82 Å². The number of amides is 1. The van der Waals surface area contributed by atoms with Gasteiger partial charge in [-0.25, -0.2) is 4.39 Å². The first kappa shape index (κ1) is 15.0. The Balaban J connectivity index is 1.76. The number of carbonyl (C=O) groups excluding carboxylic acids is 1. The highest BCUT2D eigenvalue weighted by Gasteiger charge is 2.30. The van der Waals surface area contributed by atoms with Crippen LogP contribution in [-0.2, 0) is 11.2 Å². The summed E-state index contributed by atoms with van der Waals surface area (Å²) in [5.41, 5.74) is 1.54. The van der Waals surface area contributed by atoms with E-state index < -0.39 is 0 Å². The molecule has 0 saturated carbocycles. The molecule has 1 aliphatic heterocycles. The molecule has 0 spiro atoms. The fraction of sp³-hybridized carbons (Fsp3) is 0.278. The summed E-state index contributed by atoms with van der Waals surface area (Å²) < 4.78 is 13.7. The van der Waals surface area contributed by atoms with Crippen LogP contribution in [0.1, 0.15) is 30.0 Å². The summed E-state index contributed by atoms with van der Waals surface area (Å²) in [6.07, 6.45) is 2.01. The maximum Gasteiger partial charge on any atom is 0.227 e. The predicted molar refractivity (Wildman–Crippen MR) is 85.2 cm³/mol. The lowest BCUT2D eigenvalue weighted by molar-refractivity contribution is -0.131. The first-order valence-corrected chi connectivity index (χ1v) is 7.81. The highest BCUT2D eigenvalue weighted by atomic mass is 35.5. The number of likely N-dealkylation sites (tertiary alicyclic amines) is 1. The number of benzene rings is 2. The van der Waals surface area contributed by atoms with Crippen LogP contribution in [0.5, 0.6) is 0 Å². The Labute approximate surface area is 134 Å². The molecule has 4 heteroatoms. The smallest absolute Gasteiger partial charge is 0.227 e. The number of halogens is 2. The van der Waals surface area contributed by atoms with Crippen molar-refractivity contribution in [1.82, 2.24) is 4.90 Å². The highest BCUT2D eigenvalue weighted by Crippen LogP contribution is 2.33. The van der Waals surface area contributed by atoms with E-state index in [1.165, 1.54) is 6.07 Å². The van der Waals surface area contributed by atoms with Crippen molar-refractivity contribution in [2.75, 3.05) is 6.54 Å². The molecule has 0 N–H and O–H groups in total. The summed E-state index contributed by atoms with van der Waals surface area (Å²) in [4.78, 5) is 14.4. The maximum atomic E-state index is 13.7. The summed E-state index contributed by atoms with van der Waals surface area (Å²) in [6.45, 7) is 0.723. The van der Waals surface area contributed by atoms with E-state index in [9.17, 15) is 9.18 Å². The molecule has 3 rings (SSSR count). The SMILES string of the molecule is O=C(Cc1ccccc1F)N1CCC[C@H]1c1ccc(Cl)cc1. The van der Waals surface area contributed by atoms with Crippen molar-refractivity contribution in [3.8, 4) is 0 Å². The second-order valence-corrected chi connectivity index (χ2v) is 6.00. The van der Waals surface area contributed by atoms with Crippen LogP contribution >= 0.6 is 11.6 Å². The molecular weight excluding hydrogens is 301 g/mol. The zero-order valence-electron chi connectivity index (χ0n) is 12.1. The molecule has 114 valence electrons. The zero-order chi connectivity index (χ0) is 15.5. The molecule has 1 amide bonds. The zero-order valence-corrected chi connectivity index (χ0v) is 12.9. The Morgan fingerprint density at radius 2 is 1.91 bits per heavy atom. The van der Waals surface area contributed by atoms with Gasteiger partial charge in [0, 0.05) is 11.6 Å². The van der Waals surface area contributed by atoms with Gasteiger partial charge in [0.15, 0.2) is 0 Å². The summed E-state index contributed by atoms with van der Waals surface area (Å²) in [5.74, 6) is -0.347. The Kier molecular flexibility index (Phi) is 4.44. The summed E-state index contributed by atoms with van der Waals surface area (Å²) in [7, 11) is 0. The topological polar surface area (TPSA) is 20.3 Å². The van der Waals surface area contributed by atoms with E-state index in [0.29, 0.717) is 10.6 Å². The lowest BCUT2D eigenvalue weighted by Crippen LogP contribution is -2.32. The van der Waals surface area contributed by atoms with Crippen LogP contribution in [0.15, 0.2) is 48.5 Å².